The number of anilines is 2. The molecule has 2 aromatic rings. The first kappa shape index (κ1) is 21.6. The van der Waals surface area contributed by atoms with Crippen molar-refractivity contribution in [3.05, 3.63) is 46.1 Å². The van der Waals surface area contributed by atoms with Crippen LogP contribution in [0, 0.1) is 12.8 Å². The molecular formula is C22H30BrN5O. The quantitative estimate of drug-likeness (QED) is 0.666. The molecule has 2 N–H and O–H groups in total. The standard InChI is InChI=1S/C22H30BrN5O/c1-14-13-20(28(3)4)27-22(24-14)26-19-11-7-17(8-12-19)21(29)25-15(2)16-5-9-18(23)10-6-16/h5-6,9-10,13,15,17,19H,7-8,11-12H2,1-4H3,(H,25,29)(H,24,26,27)/t15-,17?,19?/m0/s1. The van der Waals surface area contributed by atoms with Gasteiger partial charge in [-0.1, -0.05) is 28.1 Å². The summed E-state index contributed by atoms with van der Waals surface area (Å²) in [7, 11) is 3.95. The molecule has 1 aromatic carbocycles. The molecule has 3 rings (SSSR count). The van der Waals surface area contributed by atoms with Gasteiger partial charge < -0.3 is 15.5 Å². The van der Waals surface area contributed by atoms with E-state index in [2.05, 4.69) is 36.5 Å². The molecule has 1 aliphatic rings. The number of aryl methyl sites for hydroxylation is 1. The largest absolute Gasteiger partial charge is 0.363 e. The Labute approximate surface area is 181 Å². The van der Waals surface area contributed by atoms with Crippen LogP contribution in [0.2, 0.25) is 0 Å². The zero-order valence-corrected chi connectivity index (χ0v) is 19.2. The van der Waals surface area contributed by atoms with Crippen LogP contribution in [-0.4, -0.2) is 36.0 Å². The van der Waals surface area contributed by atoms with E-state index in [-0.39, 0.29) is 17.9 Å². The van der Waals surface area contributed by atoms with E-state index in [1.807, 2.05) is 63.2 Å². The van der Waals surface area contributed by atoms with Crippen LogP contribution >= 0.6 is 15.9 Å². The third-order valence-electron chi connectivity index (χ3n) is 5.46. The van der Waals surface area contributed by atoms with Gasteiger partial charge in [0.05, 0.1) is 6.04 Å². The van der Waals surface area contributed by atoms with Crippen LogP contribution < -0.4 is 15.5 Å². The molecule has 0 bridgehead atoms. The number of rotatable bonds is 6. The molecule has 1 saturated carbocycles. The first-order chi connectivity index (χ1) is 13.8. The van der Waals surface area contributed by atoms with Crippen LogP contribution in [0.15, 0.2) is 34.8 Å². The summed E-state index contributed by atoms with van der Waals surface area (Å²) in [5.74, 6) is 1.79. The molecule has 1 amide bonds. The molecule has 156 valence electrons. The maximum absolute atomic E-state index is 12.7. The number of nitrogens with one attached hydrogen (secondary N) is 2. The molecule has 0 spiro atoms. The molecule has 0 unspecified atom stereocenters. The van der Waals surface area contributed by atoms with Gasteiger partial charge in [-0.05, 0) is 57.2 Å². The topological polar surface area (TPSA) is 70.2 Å². The molecular weight excluding hydrogens is 430 g/mol. The van der Waals surface area contributed by atoms with Crippen molar-refractivity contribution >= 4 is 33.6 Å². The number of aromatic nitrogens is 2. The average Bonchev–Trinajstić information content (AvgIpc) is 2.68. The average molecular weight is 460 g/mol. The smallest absolute Gasteiger partial charge is 0.225 e. The normalized spacial score (nSPS) is 20.0. The van der Waals surface area contributed by atoms with Gasteiger partial charge in [0.2, 0.25) is 11.9 Å². The summed E-state index contributed by atoms with van der Waals surface area (Å²) in [6.45, 7) is 4.01. The second-order valence-electron chi connectivity index (χ2n) is 8.06. The van der Waals surface area contributed by atoms with Crippen molar-refractivity contribution < 1.29 is 4.79 Å². The van der Waals surface area contributed by atoms with E-state index in [0.717, 1.165) is 47.2 Å². The minimum Gasteiger partial charge on any atom is -0.363 e. The fourth-order valence-corrected chi connectivity index (χ4v) is 3.96. The molecule has 29 heavy (non-hydrogen) atoms. The molecule has 0 aliphatic heterocycles. The Morgan fingerprint density at radius 1 is 1.14 bits per heavy atom. The lowest BCUT2D eigenvalue weighted by Crippen LogP contribution is -2.37. The van der Waals surface area contributed by atoms with Gasteiger partial charge >= 0.3 is 0 Å². The Balaban J connectivity index is 1.51. The Morgan fingerprint density at radius 3 is 2.41 bits per heavy atom. The van der Waals surface area contributed by atoms with Crippen LogP contribution in [0.3, 0.4) is 0 Å². The van der Waals surface area contributed by atoms with Crippen molar-refractivity contribution in [2.45, 2.75) is 51.6 Å². The summed E-state index contributed by atoms with van der Waals surface area (Å²) in [6.07, 6.45) is 3.64. The third kappa shape index (κ3) is 5.92. The Kier molecular flexibility index (Phi) is 7.11. The monoisotopic (exact) mass is 459 g/mol. The fraction of sp³-hybridized carbons (Fsp3) is 0.500. The minimum atomic E-state index is 0.0107. The summed E-state index contributed by atoms with van der Waals surface area (Å²) in [5, 5.41) is 6.64. The van der Waals surface area contributed by atoms with E-state index in [1.54, 1.807) is 0 Å². The van der Waals surface area contributed by atoms with E-state index >= 15 is 0 Å². The first-order valence-corrected chi connectivity index (χ1v) is 11.0. The Hall–Kier alpha value is -2.15. The minimum absolute atomic E-state index is 0.0107. The van der Waals surface area contributed by atoms with Crippen LogP contribution in [-0.2, 0) is 4.79 Å². The summed E-state index contributed by atoms with van der Waals surface area (Å²) in [6, 6.07) is 10.4. The number of nitrogens with zero attached hydrogens (tertiary/aromatic N) is 3. The van der Waals surface area contributed by atoms with Gasteiger partial charge in [-0.15, -0.1) is 0 Å². The molecule has 6 nitrogen and oxygen atoms in total. The van der Waals surface area contributed by atoms with Crippen molar-refractivity contribution in [1.29, 1.82) is 0 Å². The zero-order chi connectivity index (χ0) is 21.0. The number of hydrogen-bond donors (Lipinski definition) is 2. The van der Waals surface area contributed by atoms with E-state index in [9.17, 15) is 4.79 Å². The number of carbonyl (C=O) groups is 1. The summed E-state index contributed by atoms with van der Waals surface area (Å²) in [4.78, 5) is 23.8. The van der Waals surface area contributed by atoms with Gasteiger partial charge in [0.1, 0.15) is 5.82 Å². The molecule has 0 radical (unpaired) electrons. The van der Waals surface area contributed by atoms with Crippen molar-refractivity contribution in [3.8, 4) is 0 Å². The van der Waals surface area contributed by atoms with Crippen LogP contribution in [0.5, 0.6) is 0 Å². The molecule has 1 aromatic heterocycles. The molecule has 0 saturated heterocycles. The van der Waals surface area contributed by atoms with Crippen LogP contribution in [0.25, 0.3) is 0 Å². The first-order valence-electron chi connectivity index (χ1n) is 10.2. The highest BCUT2D eigenvalue weighted by atomic mass is 79.9. The van der Waals surface area contributed by atoms with Crippen molar-refractivity contribution in [2.75, 3.05) is 24.3 Å². The maximum atomic E-state index is 12.7. The van der Waals surface area contributed by atoms with E-state index in [4.69, 9.17) is 0 Å². The van der Waals surface area contributed by atoms with Gasteiger partial charge in [-0.2, -0.15) is 4.98 Å². The number of benzene rings is 1. The number of amides is 1. The van der Waals surface area contributed by atoms with Gasteiger partial charge in [0.25, 0.3) is 0 Å². The zero-order valence-electron chi connectivity index (χ0n) is 17.6. The second kappa shape index (κ2) is 9.57. The molecule has 1 heterocycles. The highest BCUT2D eigenvalue weighted by Gasteiger charge is 2.27. The van der Waals surface area contributed by atoms with Crippen molar-refractivity contribution in [2.24, 2.45) is 5.92 Å². The lowest BCUT2D eigenvalue weighted by molar-refractivity contribution is -0.126. The summed E-state index contributed by atoms with van der Waals surface area (Å²) >= 11 is 3.45. The number of hydrogen-bond acceptors (Lipinski definition) is 5. The van der Waals surface area contributed by atoms with E-state index in [1.165, 1.54) is 0 Å². The van der Waals surface area contributed by atoms with E-state index < -0.39 is 0 Å². The van der Waals surface area contributed by atoms with Crippen molar-refractivity contribution in [3.63, 3.8) is 0 Å². The highest BCUT2D eigenvalue weighted by molar-refractivity contribution is 9.10. The highest BCUT2D eigenvalue weighted by Crippen LogP contribution is 2.27. The Bertz CT molecular complexity index is 832. The SMILES string of the molecule is Cc1cc(N(C)C)nc(NC2CCC(C(=O)N[C@@H](C)c3ccc(Br)cc3)CC2)n1. The van der Waals surface area contributed by atoms with Gasteiger partial charge in [0.15, 0.2) is 0 Å². The summed E-state index contributed by atoms with van der Waals surface area (Å²) < 4.78 is 1.04. The van der Waals surface area contributed by atoms with Gasteiger partial charge in [-0.25, -0.2) is 4.98 Å². The molecule has 1 atom stereocenters. The Morgan fingerprint density at radius 2 is 1.79 bits per heavy atom. The van der Waals surface area contributed by atoms with Crippen LogP contribution in [0.1, 0.15) is 49.9 Å². The predicted molar refractivity (Wildman–Crippen MR) is 121 cm³/mol. The summed E-state index contributed by atoms with van der Waals surface area (Å²) in [5.41, 5.74) is 2.06. The number of halogens is 1. The maximum Gasteiger partial charge on any atom is 0.225 e. The molecule has 1 aliphatic carbocycles. The lowest BCUT2D eigenvalue weighted by Gasteiger charge is -2.29. The van der Waals surface area contributed by atoms with E-state index in [0.29, 0.717) is 12.0 Å². The van der Waals surface area contributed by atoms with Crippen molar-refractivity contribution in [1.82, 2.24) is 15.3 Å². The predicted octanol–water partition coefficient (Wildman–Crippen LogP) is 4.46. The number of carbonyl (C=O) groups excluding carboxylic acids is 1. The van der Waals surface area contributed by atoms with Crippen LogP contribution in [0.4, 0.5) is 11.8 Å². The lowest BCUT2D eigenvalue weighted by atomic mass is 9.85. The molecule has 7 heteroatoms. The second-order valence-corrected chi connectivity index (χ2v) is 8.98. The third-order valence-corrected chi connectivity index (χ3v) is 5.99. The van der Waals surface area contributed by atoms with Gasteiger partial charge in [-0.3, -0.25) is 4.79 Å². The fourth-order valence-electron chi connectivity index (χ4n) is 3.69. The molecule has 1 fully saturated rings. The van der Waals surface area contributed by atoms with Gasteiger partial charge in [0, 0.05) is 42.3 Å².